The van der Waals surface area contributed by atoms with Crippen LogP contribution in [-0.2, 0) is 4.74 Å². The van der Waals surface area contributed by atoms with Crippen LogP contribution < -0.4 is 10.1 Å². The highest BCUT2D eigenvalue weighted by atomic mass is 16.6. The van der Waals surface area contributed by atoms with Crippen LogP contribution in [0.25, 0.3) is 5.82 Å². The van der Waals surface area contributed by atoms with Crippen LogP contribution in [0.15, 0.2) is 31.1 Å². The van der Waals surface area contributed by atoms with Gasteiger partial charge in [-0.1, -0.05) is 0 Å². The third kappa shape index (κ3) is 5.36. The number of aromatic nitrogens is 6. The summed E-state index contributed by atoms with van der Waals surface area (Å²) >= 11 is 0. The molecule has 3 aromatic heterocycles. The van der Waals surface area contributed by atoms with Crippen molar-refractivity contribution in [3.05, 3.63) is 42.4 Å². The van der Waals surface area contributed by atoms with Gasteiger partial charge in [-0.2, -0.15) is 5.10 Å². The number of ether oxygens (including phenoxy) is 2. The average molecular weight is 453 g/mol. The van der Waals surface area contributed by atoms with E-state index in [1.54, 1.807) is 15.9 Å². The second kappa shape index (κ2) is 9.80. The molecule has 4 rings (SSSR count). The van der Waals surface area contributed by atoms with Crippen molar-refractivity contribution < 1.29 is 14.3 Å². The van der Waals surface area contributed by atoms with Gasteiger partial charge in [-0.05, 0) is 39.8 Å². The lowest BCUT2D eigenvalue weighted by molar-refractivity contribution is 0.0505. The number of piperidine rings is 1. The molecule has 0 aliphatic carbocycles. The van der Waals surface area contributed by atoms with Gasteiger partial charge in [0.15, 0.2) is 5.82 Å². The Hall–Kier alpha value is -3.76. The first kappa shape index (κ1) is 22.4. The zero-order chi connectivity index (χ0) is 23.4. The minimum absolute atomic E-state index is 0.0279. The van der Waals surface area contributed by atoms with Crippen molar-refractivity contribution in [2.24, 2.45) is 0 Å². The Kier molecular flexibility index (Phi) is 6.66. The molecule has 4 heterocycles. The fraction of sp³-hybridized carbons (Fsp3) is 0.455. The van der Waals surface area contributed by atoms with Gasteiger partial charge in [0.2, 0.25) is 5.88 Å². The van der Waals surface area contributed by atoms with Crippen LogP contribution in [0.3, 0.4) is 0 Å². The highest BCUT2D eigenvalue weighted by Crippen LogP contribution is 2.27. The lowest BCUT2D eigenvalue weighted by Gasteiger charge is -2.32. The topological polar surface area (TPSA) is 120 Å². The zero-order valence-electron chi connectivity index (χ0n) is 19.2. The summed E-state index contributed by atoms with van der Waals surface area (Å²) in [4.78, 5) is 31.0. The van der Waals surface area contributed by atoms with E-state index >= 15 is 0 Å². The van der Waals surface area contributed by atoms with Crippen LogP contribution in [0.4, 0.5) is 16.3 Å². The van der Waals surface area contributed by atoms with E-state index in [-0.39, 0.29) is 18.3 Å². The quantitative estimate of drug-likeness (QED) is 0.601. The number of rotatable bonds is 6. The van der Waals surface area contributed by atoms with Crippen molar-refractivity contribution >= 4 is 17.6 Å². The van der Waals surface area contributed by atoms with Crippen LogP contribution >= 0.6 is 0 Å². The van der Waals surface area contributed by atoms with E-state index in [0.29, 0.717) is 43.4 Å². The Morgan fingerprint density at radius 2 is 1.94 bits per heavy atom. The molecule has 1 aliphatic rings. The Labute approximate surface area is 192 Å². The van der Waals surface area contributed by atoms with E-state index in [4.69, 9.17) is 9.47 Å². The second-order valence-corrected chi connectivity index (χ2v) is 8.16. The van der Waals surface area contributed by atoms with Gasteiger partial charge >= 0.3 is 6.09 Å². The molecule has 1 fully saturated rings. The van der Waals surface area contributed by atoms with Crippen LogP contribution in [0.2, 0.25) is 0 Å². The monoisotopic (exact) mass is 452 g/mol. The maximum absolute atomic E-state index is 12.1. The lowest BCUT2D eigenvalue weighted by atomic mass is 10.1. The zero-order valence-corrected chi connectivity index (χ0v) is 19.2. The van der Waals surface area contributed by atoms with Gasteiger partial charge in [0.1, 0.15) is 30.9 Å². The van der Waals surface area contributed by atoms with Gasteiger partial charge in [-0.15, -0.1) is 0 Å². The molecule has 0 bridgehead atoms. The first-order valence-electron chi connectivity index (χ1n) is 10.9. The number of hydrogen-bond acceptors (Lipinski definition) is 9. The maximum atomic E-state index is 12.1. The highest BCUT2D eigenvalue weighted by molar-refractivity contribution is 5.68. The number of likely N-dealkylation sites (tertiary alicyclic amines) is 1. The predicted molar refractivity (Wildman–Crippen MR) is 121 cm³/mol. The standard InChI is InChI=1S/C22H28N8O3/c1-14(2)32-22(31)29-9-7-17(8-10-29)33-21-15(3)20(24-12-25-21)28-18-5-6-19(27-16(18)4)30-13-23-11-26-30/h5-6,11-14,17H,7-10H2,1-4H3,(H,24,25,28). The summed E-state index contributed by atoms with van der Waals surface area (Å²) in [6.45, 7) is 8.71. The fourth-order valence-electron chi connectivity index (χ4n) is 3.53. The molecule has 1 aliphatic heterocycles. The van der Waals surface area contributed by atoms with Crippen molar-refractivity contribution in [1.29, 1.82) is 0 Å². The number of anilines is 2. The number of amides is 1. The molecule has 0 aromatic carbocycles. The van der Waals surface area contributed by atoms with Crippen molar-refractivity contribution in [3.8, 4) is 11.7 Å². The number of aryl methyl sites for hydroxylation is 1. The van der Waals surface area contributed by atoms with Gasteiger partial charge in [0.05, 0.1) is 23.0 Å². The van der Waals surface area contributed by atoms with E-state index in [9.17, 15) is 4.79 Å². The molecule has 0 radical (unpaired) electrons. The first-order chi connectivity index (χ1) is 15.9. The fourth-order valence-corrected chi connectivity index (χ4v) is 3.53. The molecule has 0 spiro atoms. The smallest absolute Gasteiger partial charge is 0.410 e. The number of hydrogen-bond donors (Lipinski definition) is 1. The summed E-state index contributed by atoms with van der Waals surface area (Å²) < 4.78 is 13.0. The van der Waals surface area contributed by atoms with E-state index in [0.717, 1.165) is 16.9 Å². The van der Waals surface area contributed by atoms with Crippen LogP contribution in [-0.4, -0.2) is 66.0 Å². The summed E-state index contributed by atoms with van der Waals surface area (Å²) in [7, 11) is 0. The van der Waals surface area contributed by atoms with E-state index in [1.807, 2.05) is 39.8 Å². The van der Waals surface area contributed by atoms with Crippen LogP contribution in [0.1, 0.15) is 37.9 Å². The first-order valence-corrected chi connectivity index (χ1v) is 10.9. The minimum Gasteiger partial charge on any atom is -0.474 e. The van der Waals surface area contributed by atoms with Crippen LogP contribution in [0, 0.1) is 13.8 Å². The molecule has 3 aromatic rings. The molecule has 0 atom stereocenters. The van der Waals surface area contributed by atoms with Gasteiger partial charge in [0.25, 0.3) is 0 Å². The molecule has 1 N–H and O–H groups in total. The molecule has 174 valence electrons. The summed E-state index contributed by atoms with van der Waals surface area (Å²) in [5.41, 5.74) is 2.42. The van der Waals surface area contributed by atoms with E-state index < -0.39 is 0 Å². The van der Waals surface area contributed by atoms with E-state index in [2.05, 4.69) is 30.4 Å². The third-order valence-corrected chi connectivity index (χ3v) is 5.33. The number of nitrogens with zero attached hydrogens (tertiary/aromatic N) is 7. The highest BCUT2D eigenvalue weighted by Gasteiger charge is 2.26. The number of carbonyl (C=O) groups is 1. The summed E-state index contributed by atoms with van der Waals surface area (Å²) in [6, 6.07) is 3.78. The van der Waals surface area contributed by atoms with Gasteiger partial charge in [-0.25, -0.2) is 29.4 Å². The Morgan fingerprint density at radius 1 is 1.15 bits per heavy atom. The average Bonchev–Trinajstić information content (AvgIpc) is 3.33. The number of pyridine rings is 1. The molecular formula is C22H28N8O3. The summed E-state index contributed by atoms with van der Waals surface area (Å²) in [5, 5.41) is 7.43. The molecular weight excluding hydrogens is 424 g/mol. The molecule has 11 nitrogen and oxygen atoms in total. The molecule has 0 unspecified atom stereocenters. The normalized spacial score (nSPS) is 14.4. The van der Waals surface area contributed by atoms with Gasteiger partial charge < -0.3 is 19.7 Å². The van der Waals surface area contributed by atoms with Crippen molar-refractivity contribution in [2.45, 2.75) is 52.7 Å². The number of carbonyl (C=O) groups excluding carboxylic acids is 1. The minimum atomic E-state index is -0.271. The Balaban J connectivity index is 1.40. The van der Waals surface area contributed by atoms with Crippen LogP contribution in [0.5, 0.6) is 5.88 Å². The SMILES string of the molecule is Cc1nc(-n2cncn2)ccc1Nc1ncnc(OC2CCN(C(=O)OC(C)C)CC2)c1C. The van der Waals surface area contributed by atoms with Crippen molar-refractivity contribution in [3.63, 3.8) is 0 Å². The van der Waals surface area contributed by atoms with Gasteiger partial charge in [0, 0.05) is 25.9 Å². The van der Waals surface area contributed by atoms with E-state index in [1.165, 1.54) is 12.7 Å². The molecule has 1 amide bonds. The Bertz CT molecular complexity index is 1100. The largest absolute Gasteiger partial charge is 0.474 e. The summed E-state index contributed by atoms with van der Waals surface area (Å²) in [6.07, 6.45) is 5.55. The third-order valence-electron chi connectivity index (χ3n) is 5.33. The van der Waals surface area contributed by atoms with Gasteiger partial charge in [-0.3, -0.25) is 0 Å². The predicted octanol–water partition coefficient (Wildman–Crippen LogP) is 3.20. The maximum Gasteiger partial charge on any atom is 0.410 e. The lowest BCUT2D eigenvalue weighted by Crippen LogP contribution is -2.42. The second-order valence-electron chi connectivity index (χ2n) is 8.16. The molecule has 33 heavy (non-hydrogen) atoms. The Morgan fingerprint density at radius 3 is 2.61 bits per heavy atom. The molecule has 1 saturated heterocycles. The molecule has 11 heteroatoms. The summed E-state index contributed by atoms with van der Waals surface area (Å²) in [5.74, 6) is 1.86. The molecule has 0 saturated carbocycles. The van der Waals surface area contributed by atoms with Crippen molar-refractivity contribution in [1.82, 2.24) is 34.6 Å². The van der Waals surface area contributed by atoms with Crippen molar-refractivity contribution in [2.75, 3.05) is 18.4 Å². The number of nitrogens with one attached hydrogen (secondary N) is 1.